The van der Waals surface area contributed by atoms with E-state index in [2.05, 4.69) is 38.4 Å². The largest absolute Gasteiger partial charge is 0.396 e. The monoisotopic (exact) mass is 347 g/mol. The molecule has 3 rings (SSSR count). The van der Waals surface area contributed by atoms with Gasteiger partial charge in [0.1, 0.15) is 0 Å². The Labute approximate surface area is 130 Å². The summed E-state index contributed by atoms with van der Waals surface area (Å²) in [6, 6.07) is 12.3. The van der Waals surface area contributed by atoms with Gasteiger partial charge < -0.3 is 11.1 Å². The lowest BCUT2D eigenvalue weighted by molar-refractivity contribution is 1.05. The van der Waals surface area contributed by atoms with Crippen LogP contribution in [-0.4, -0.2) is 11.5 Å². The van der Waals surface area contributed by atoms with Crippen LogP contribution in [0.5, 0.6) is 0 Å². The van der Waals surface area contributed by atoms with Crippen molar-refractivity contribution < 1.29 is 0 Å². The van der Waals surface area contributed by atoms with Crippen LogP contribution in [0.4, 0.5) is 11.4 Å². The van der Waals surface area contributed by atoms with Gasteiger partial charge in [0.2, 0.25) is 0 Å². The number of halogens is 1. The minimum atomic E-state index is 0.691. The third-order valence-corrected chi connectivity index (χ3v) is 4.79. The number of aromatic nitrogens is 1. The Morgan fingerprint density at radius 3 is 2.85 bits per heavy atom. The van der Waals surface area contributed by atoms with Gasteiger partial charge in [-0.1, -0.05) is 18.2 Å². The molecule has 1 aromatic carbocycles. The first-order chi connectivity index (χ1) is 9.74. The van der Waals surface area contributed by atoms with Gasteiger partial charge in [0.25, 0.3) is 0 Å². The lowest BCUT2D eigenvalue weighted by atomic mass is 10.1. The van der Waals surface area contributed by atoms with Crippen LogP contribution in [0.3, 0.4) is 0 Å². The van der Waals surface area contributed by atoms with Crippen LogP contribution in [0.1, 0.15) is 4.88 Å². The standard InChI is InChI=1S/C15H14BrN3S/c16-14-6-5-10(20-14)7-8-18-15-11-3-1-2-4-13(11)19-9-12(15)17/h1-6,9H,7-8,17H2,(H,18,19). The van der Waals surface area contributed by atoms with Crippen molar-refractivity contribution in [3.8, 4) is 0 Å². The van der Waals surface area contributed by atoms with Gasteiger partial charge in [-0.3, -0.25) is 4.98 Å². The van der Waals surface area contributed by atoms with E-state index in [1.165, 1.54) is 8.66 Å². The summed E-state index contributed by atoms with van der Waals surface area (Å²) in [6.07, 6.45) is 2.69. The van der Waals surface area contributed by atoms with Gasteiger partial charge in [0.15, 0.2) is 0 Å². The topological polar surface area (TPSA) is 50.9 Å². The Morgan fingerprint density at radius 2 is 2.05 bits per heavy atom. The summed E-state index contributed by atoms with van der Waals surface area (Å²) < 4.78 is 1.17. The number of nitrogens with two attached hydrogens (primary N) is 1. The van der Waals surface area contributed by atoms with Crippen LogP contribution in [0.25, 0.3) is 10.9 Å². The van der Waals surface area contributed by atoms with Crippen LogP contribution in [0, 0.1) is 0 Å². The maximum Gasteiger partial charge on any atom is 0.0743 e. The SMILES string of the molecule is Nc1cnc2ccccc2c1NCCc1ccc(Br)s1. The molecule has 0 amide bonds. The minimum Gasteiger partial charge on any atom is -0.396 e. The molecule has 0 spiro atoms. The van der Waals surface area contributed by atoms with Crippen molar-refractivity contribution in [2.75, 3.05) is 17.6 Å². The molecule has 2 aromatic heterocycles. The smallest absolute Gasteiger partial charge is 0.0743 e. The fraction of sp³-hybridized carbons (Fsp3) is 0.133. The van der Waals surface area contributed by atoms with E-state index in [4.69, 9.17) is 5.73 Å². The first-order valence-electron chi connectivity index (χ1n) is 6.35. The molecule has 0 saturated carbocycles. The number of anilines is 2. The van der Waals surface area contributed by atoms with Crippen molar-refractivity contribution >= 4 is 49.5 Å². The van der Waals surface area contributed by atoms with E-state index >= 15 is 0 Å². The molecular weight excluding hydrogens is 334 g/mol. The van der Waals surface area contributed by atoms with Crippen LogP contribution in [0.15, 0.2) is 46.4 Å². The summed E-state index contributed by atoms with van der Waals surface area (Å²) >= 11 is 5.25. The molecule has 0 radical (unpaired) electrons. The number of nitrogens with one attached hydrogen (secondary N) is 1. The Bertz CT molecular complexity index is 739. The average molecular weight is 348 g/mol. The molecule has 0 saturated heterocycles. The van der Waals surface area contributed by atoms with Gasteiger partial charge in [-0.2, -0.15) is 0 Å². The van der Waals surface area contributed by atoms with Gasteiger partial charge >= 0.3 is 0 Å². The third-order valence-electron chi connectivity index (χ3n) is 3.11. The first kappa shape index (κ1) is 13.4. The van der Waals surface area contributed by atoms with E-state index < -0.39 is 0 Å². The predicted molar refractivity (Wildman–Crippen MR) is 90.4 cm³/mol. The number of para-hydroxylation sites is 1. The molecular formula is C15H14BrN3S. The zero-order chi connectivity index (χ0) is 13.9. The minimum absolute atomic E-state index is 0.691. The second-order valence-corrected chi connectivity index (χ2v) is 7.04. The number of pyridine rings is 1. The van der Waals surface area contributed by atoms with Crippen molar-refractivity contribution in [1.29, 1.82) is 0 Å². The van der Waals surface area contributed by atoms with E-state index in [1.54, 1.807) is 17.5 Å². The Morgan fingerprint density at radius 1 is 1.20 bits per heavy atom. The third kappa shape index (κ3) is 2.78. The Balaban J connectivity index is 1.78. The molecule has 2 heterocycles. The normalized spacial score (nSPS) is 10.8. The average Bonchev–Trinajstić information content (AvgIpc) is 2.87. The van der Waals surface area contributed by atoms with E-state index in [0.717, 1.165) is 29.6 Å². The van der Waals surface area contributed by atoms with Crippen molar-refractivity contribution in [3.05, 3.63) is 51.3 Å². The molecule has 0 unspecified atom stereocenters. The van der Waals surface area contributed by atoms with Gasteiger partial charge in [0, 0.05) is 16.8 Å². The zero-order valence-corrected chi connectivity index (χ0v) is 13.2. The Kier molecular flexibility index (Phi) is 3.89. The summed E-state index contributed by atoms with van der Waals surface area (Å²) in [5.74, 6) is 0. The van der Waals surface area contributed by atoms with Crippen molar-refractivity contribution in [2.45, 2.75) is 6.42 Å². The zero-order valence-electron chi connectivity index (χ0n) is 10.8. The van der Waals surface area contributed by atoms with E-state index in [0.29, 0.717) is 5.69 Å². The first-order valence-corrected chi connectivity index (χ1v) is 7.96. The van der Waals surface area contributed by atoms with Gasteiger partial charge in [-0.15, -0.1) is 11.3 Å². The van der Waals surface area contributed by atoms with E-state index in [-0.39, 0.29) is 0 Å². The highest BCUT2D eigenvalue weighted by molar-refractivity contribution is 9.11. The second kappa shape index (κ2) is 5.81. The molecule has 0 aliphatic heterocycles. The number of nitrogens with zero attached hydrogens (tertiary/aromatic N) is 1. The van der Waals surface area contributed by atoms with Gasteiger partial charge in [-0.25, -0.2) is 0 Å². The molecule has 5 heteroatoms. The number of thiophene rings is 1. The summed E-state index contributed by atoms with van der Waals surface area (Å²) in [5, 5.41) is 4.51. The molecule has 0 fully saturated rings. The molecule has 0 aliphatic rings. The number of rotatable bonds is 4. The summed E-state index contributed by atoms with van der Waals surface area (Å²) in [7, 11) is 0. The van der Waals surface area contributed by atoms with Crippen molar-refractivity contribution in [1.82, 2.24) is 4.98 Å². The molecule has 0 atom stereocenters. The lowest BCUT2D eigenvalue weighted by Gasteiger charge is -2.11. The van der Waals surface area contributed by atoms with Crippen LogP contribution >= 0.6 is 27.3 Å². The highest BCUT2D eigenvalue weighted by Gasteiger charge is 2.06. The second-order valence-electron chi connectivity index (χ2n) is 4.49. The van der Waals surface area contributed by atoms with Gasteiger partial charge in [0.05, 0.1) is 26.9 Å². The quantitative estimate of drug-likeness (QED) is 0.739. The maximum absolute atomic E-state index is 6.04. The van der Waals surface area contributed by atoms with Crippen LogP contribution in [-0.2, 0) is 6.42 Å². The maximum atomic E-state index is 6.04. The molecule has 0 bridgehead atoms. The molecule has 20 heavy (non-hydrogen) atoms. The Hall–Kier alpha value is -1.59. The van der Waals surface area contributed by atoms with Crippen molar-refractivity contribution in [2.24, 2.45) is 0 Å². The predicted octanol–water partition coefficient (Wildman–Crippen LogP) is 4.30. The molecule has 102 valence electrons. The van der Waals surface area contributed by atoms with E-state index in [9.17, 15) is 0 Å². The number of hydrogen-bond donors (Lipinski definition) is 2. The summed E-state index contributed by atoms with van der Waals surface area (Å²) in [4.78, 5) is 5.69. The highest BCUT2D eigenvalue weighted by Crippen LogP contribution is 2.28. The van der Waals surface area contributed by atoms with E-state index in [1.807, 2.05) is 24.3 Å². The van der Waals surface area contributed by atoms with Crippen molar-refractivity contribution in [3.63, 3.8) is 0 Å². The number of hydrogen-bond acceptors (Lipinski definition) is 4. The van der Waals surface area contributed by atoms with Crippen LogP contribution < -0.4 is 11.1 Å². The highest BCUT2D eigenvalue weighted by atomic mass is 79.9. The molecule has 3 aromatic rings. The summed E-state index contributed by atoms with van der Waals surface area (Å²) in [6.45, 7) is 0.852. The fourth-order valence-corrected chi connectivity index (χ4v) is 3.63. The lowest BCUT2D eigenvalue weighted by Crippen LogP contribution is -2.07. The summed E-state index contributed by atoms with van der Waals surface area (Å²) in [5.41, 5.74) is 8.67. The number of benzene rings is 1. The van der Waals surface area contributed by atoms with Gasteiger partial charge in [-0.05, 0) is 40.5 Å². The number of fused-ring (bicyclic) bond motifs is 1. The molecule has 0 aliphatic carbocycles. The molecule has 3 nitrogen and oxygen atoms in total. The van der Waals surface area contributed by atoms with Crippen LogP contribution in [0.2, 0.25) is 0 Å². The molecule has 3 N–H and O–H groups in total. The number of nitrogen functional groups attached to an aromatic ring is 1. The fourth-order valence-electron chi connectivity index (χ4n) is 2.15.